The first kappa shape index (κ1) is 17.7. The Labute approximate surface area is 144 Å². The molecule has 3 rings (SSSR count). The summed E-state index contributed by atoms with van der Waals surface area (Å²) in [5.41, 5.74) is 0.500. The molecule has 2 fully saturated rings. The molecule has 1 N–H and O–H groups in total. The first-order chi connectivity index (χ1) is 11.1. The number of benzene rings is 1. The third-order valence-electron chi connectivity index (χ3n) is 5.60. The van der Waals surface area contributed by atoms with Gasteiger partial charge >= 0.3 is 0 Å². The molecule has 134 valence electrons. The van der Waals surface area contributed by atoms with Crippen LogP contribution in [0.5, 0.6) is 0 Å². The maximum absolute atomic E-state index is 12.1. The van der Waals surface area contributed by atoms with Crippen LogP contribution in [0.4, 0.5) is 5.69 Å². The molecule has 0 amide bonds. The molecule has 5 nitrogen and oxygen atoms in total. The Hall–Kier alpha value is -1.08. The van der Waals surface area contributed by atoms with Crippen LogP contribution in [0.1, 0.15) is 32.6 Å². The van der Waals surface area contributed by atoms with E-state index in [0.717, 1.165) is 24.3 Å². The lowest BCUT2D eigenvalue weighted by Crippen LogP contribution is -2.30. The SMILES string of the molecule is CC(Nc1ccc(S(C)(=O)=O)cc1S(C)(=O)=O)C1CC2CCC1C2. The maximum atomic E-state index is 12.1. The van der Waals surface area contributed by atoms with Gasteiger partial charge in [0.25, 0.3) is 0 Å². The summed E-state index contributed by atoms with van der Waals surface area (Å²) in [6.45, 7) is 2.10. The Morgan fingerprint density at radius 1 is 1.04 bits per heavy atom. The highest BCUT2D eigenvalue weighted by atomic mass is 32.2. The van der Waals surface area contributed by atoms with Crippen molar-refractivity contribution in [1.29, 1.82) is 0 Å². The summed E-state index contributed by atoms with van der Waals surface area (Å²) < 4.78 is 47.7. The van der Waals surface area contributed by atoms with E-state index in [-0.39, 0.29) is 15.8 Å². The van der Waals surface area contributed by atoms with Crippen LogP contribution in [0.25, 0.3) is 0 Å². The van der Waals surface area contributed by atoms with Gasteiger partial charge in [-0.1, -0.05) is 6.42 Å². The van der Waals surface area contributed by atoms with Crippen molar-refractivity contribution in [3.63, 3.8) is 0 Å². The molecule has 1 aromatic carbocycles. The van der Waals surface area contributed by atoms with Gasteiger partial charge in [-0.15, -0.1) is 0 Å². The van der Waals surface area contributed by atoms with E-state index >= 15 is 0 Å². The van der Waals surface area contributed by atoms with E-state index in [1.807, 2.05) is 0 Å². The van der Waals surface area contributed by atoms with Gasteiger partial charge in [-0.25, -0.2) is 16.8 Å². The van der Waals surface area contributed by atoms with Crippen LogP contribution in [0.2, 0.25) is 0 Å². The minimum Gasteiger partial charge on any atom is -0.381 e. The Kier molecular flexibility index (Phi) is 4.45. The highest BCUT2D eigenvalue weighted by molar-refractivity contribution is 7.91. The van der Waals surface area contributed by atoms with Crippen molar-refractivity contribution < 1.29 is 16.8 Å². The topological polar surface area (TPSA) is 80.3 Å². The lowest BCUT2D eigenvalue weighted by atomic mass is 9.84. The van der Waals surface area contributed by atoms with Gasteiger partial charge in [0.2, 0.25) is 0 Å². The lowest BCUT2D eigenvalue weighted by Gasteiger charge is -2.30. The van der Waals surface area contributed by atoms with Crippen molar-refractivity contribution in [1.82, 2.24) is 0 Å². The predicted molar refractivity (Wildman–Crippen MR) is 94.7 cm³/mol. The molecule has 0 aromatic heterocycles. The molecule has 24 heavy (non-hydrogen) atoms. The molecule has 2 bridgehead atoms. The van der Waals surface area contributed by atoms with Crippen LogP contribution in [0.3, 0.4) is 0 Å². The smallest absolute Gasteiger partial charge is 0.177 e. The zero-order chi connectivity index (χ0) is 17.7. The van der Waals surface area contributed by atoms with E-state index in [0.29, 0.717) is 11.6 Å². The zero-order valence-corrected chi connectivity index (χ0v) is 16.0. The van der Waals surface area contributed by atoms with Gasteiger partial charge in [0.05, 0.1) is 15.5 Å². The fourth-order valence-corrected chi connectivity index (χ4v) is 6.01. The minimum atomic E-state index is -3.52. The summed E-state index contributed by atoms with van der Waals surface area (Å²) >= 11 is 0. The number of rotatable bonds is 5. The summed E-state index contributed by atoms with van der Waals surface area (Å²) in [6.07, 6.45) is 7.29. The Bertz CT molecular complexity index is 845. The van der Waals surface area contributed by atoms with Crippen molar-refractivity contribution in [2.45, 2.75) is 48.4 Å². The summed E-state index contributed by atoms with van der Waals surface area (Å²) in [4.78, 5) is 0.0847. The molecule has 2 saturated carbocycles. The molecule has 0 heterocycles. The third-order valence-corrected chi connectivity index (χ3v) is 7.85. The molecular weight excluding hydrogens is 346 g/mol. The normalized spacial score (nSPS) is 28.0. The van der Waals surface area contributed by atoms with E-state index in [1.165, 1.54) is 37.8 Å². The first-order valence-electron chi connectivity index (χ1n) is 8.36. The molecule has 0 spiro atoms. The van der Waals surface area contributed by atoms with Crippen LogP contribution in [-0.2, 0) is 19.7 Å². The molecule has 1 aromatic rings. The van der Waals surface area contributed by atoms with Gasteiger partial charge in [0.15, 0.2) is 19.7 Å². The predicted octanol–water partition coefficient (Wildman–Crippen LogP) is 2.73. The van der Waals surface area contributed by atoms with Crippen LogP contribution in [0, 0.1) is 17.8 Å². The van der Waals surface area contributed by atoms with Gasteiger partial charge in [-0.3, -0.25) is 0 Å². The number of hydrogen-bond acceptors (Lipinski definition) is 5. The Morgan fingerprint density at radius 2 is 1.75 bits per heavy atom. The minimum absolute atomic E-state index is 0.0288. The Morgan fingerprint density at radius 3 is 2.25 bits per heavy atom. The highest BCUT2D eigenvalue weighted by Gasteiger charge is 2.42. The monoisotopic (exact) mass is 371 g/mol. The fourth-order valence-electron chi connectivity index (χ4n) is 4.42. The largest absolute Gasteiger partial charge is 0.381 e. The van der Waals surface area contributed by atoms with Crippen LogP contribution >= 0.6 is 0 Å². The molecular formula is C17H25NO4S2. The quantitative estimate of drug-likeness (QED) is 0.861. The number of sulfone groups is 2. The molecule has 0 radical (unpaired) electrons. The first-order valence-corrected chi connectivity index (χ1v) is 12.1. The number of anilines is 1. The van der Waals surface area contributed by atoms with E-state index in [1.54, 1.807) is 6.07 Å². The fraction of sp³-hybridized carbons (Fsp3) is 0.647. The summed E-state index contributed by atoms with van der Waals surface area (Å²) in [5.74, 6) is 2.12. The molecule has 4 unspecified atom stereocenters. The van der Waals surface area contributed by atoms with Crippen LogP contribution in [-0.4, -0.2) is 35.4 Å². The van der Waals surface area contributed by atoms with Gasteiger partial charge in [-0.05, 0) is 62.1 Å². The molecule has 0 aliphatic heterocycles. The number of fused-ring (bicyclic) bond motifs is 2. The van der Waals surface area contributed by atoms with Crippen molar-refractivity contribution in [3.05, 3.63) is 18.2 Å². The van der Waals surface area contributed by atoms with E-state index < -0.39 is 19.7 Å². The highest BCUT2D eigenvalue weighted by Crippen LogP contribution is 2.50. The average molecular weight is 372 g/mol. The van der Waals surface area contributed by atoms with Crippen LogP contribution in [0.15, 0.2) is 28.0 Å². The maximum Gasteiger partial charge on any atom is 0.177 e. The van der Waals surface area contributed by atoms with Crippen molar-refractivity contribution in [3.8, 4) is 0 Å². The van der Waals surface area contributed by atoms with E-state index in [9.17, 15) is 16.8 Å². The van der Waals surface area contributed by atoms with Gasteiger partial charge < -0.3 is 5.32 Å². The standard InChI is InChI=1S/C17H25NO4S2/c1-11(15-9-12-4-5-13(15)8-12)18-16-7-6-14(23(2,19)20)10-17(16)24(3,21)22/h6-7,10-13,15,18H,4-5,8-9H2,1-3H3. The second kappa shape index (κ2) is 6.02. The summed E-state index contributed by atoms with van der Waals surface area (Å²) in [7, 11) is -6.97. The molecule has 2 aliphatic carbocycles. The van der Waals surface area contributed by atoms with E-state index in [2.05, 4.69) is 12.2 Å². The second-order valence-electron chi connectivity index (χ2n) is 7.47. The third kappa shape index (κ3) is 3.47. The summed E-state index contributed by atoms with van der Waals surface area (Å²) in [6, 6.07) is 4.49. The van der Waals surface area contributed by atoms with Crippen molar-refractivity contribution in [2.24, 2.45) is 17.8 Å². The van der Waals surface area contributed by atoms with Gasteiger partial charge in [-0.2, -0.15) is 0 Å². The van der Waals surface area contributed by atoms with Crippen molar-refractivity contribution in [2.75, 3.05) is 17.8 Å². The lowest BCUT2D eigenvalue weighted by molar-refractivity contribution is 0.304. The van der Waals surface area contributed by atoms with Gasteiger partial charge in [0, 0.05) is 18.6 Å². The number of hydrogen-bond donors (Lipinski definition) is 1. The molecule has 0 saturated heterocycles. The average Bonchev–Trinajstić information content (AvgIpc) is 3.08. The second-order valence-corrected chi connectivity index (χ2v) is 11.5. The van der Waals surface area contributed by atoms with E-state index in [4.69, 9.17) is 0 Å². The Balaban J connectivity index is 1.90. The van der Waals surface area contributed by atoms with Gasteiger partial charge in [0.1, 0.15) is 0 Å². The van der Waals surface area contributed by atoms with Crippen molar-refractivity contribution >= 4 is 25.4 Å². The number of nitrogens with one attached hydrogen (secondary N) is 1. The van der Waals surface area contributed by atoms with Crippen LogP contribution < -0.4 is 5.32 Å². The zero-order valence-electron chi connectivity index (χ0n) is 14.3. The molecule has 2 aliphatic rings. The molecule has 7 heteroatoms. The summed E-state index contributed by atoms with van der Waals surface area (Å²) in [5, 5.41) is 3.35. The molecule has 4 atom stereocenters.